The Kier molecular flexibility index (Phi) is 3.71. The normalized spacial score (nSPS) is 23.9. The van der Waals surface area contributed by atoms with Gasteiger partial charge >= 0.3 is 0 Å². The number of amides is 2. The highest BCUT2D eigenvalue weighted by atomic mass is 16.2. The van der Waals surface area contributed by atoms with Gasteiger partial charge in [0.1, 0.15) is 0 Å². The van der Waals surface area contributed by atoms with Crippen molar-refractivity contribution in [2.24, 2.45) is 5.92 Å². The molecular formula is C20H21N3O2. The second kappa shape index (κ2) is 5.92. The van der Waals surface area contributed by atoms with E-state index in [1.165, 1.54) is 11.1 Å². The number of likely N-dealkylation sites (tertiary alicyclic amines) is 1. The van der Waals surface area contributed by atoms with Crippen LogP contribution in [0.3, 0.4) is 0 Å². The highest BCUT2D eigenvalue weighted by Crippen LogP contribution is 2.49. The maximum absolute atomic E-state index is 12.7. The topological polar surface area (TPSA) is 75.4 Å². The molecule has 2 aromatic rings. The van der Waals surface area contributed by atoms with Gasteiger partial charge in [0.25, 0.3) is 5.91 Å². The van der Waals surface area contributed by atoms with Gasteiger partial charge in [-0.2, -0.15) is 0 Å². The summed E-state index contributed by atoms with van der Waals surface area (Å²) < 4.78 is 0. The van der Waals surface area contributed by atoms with Crippen LogP contribution in [0.4, 0.5) is 5.69 Å². The smallest absolute Gasteiger partial charge is 0.251 e. The standard InChI is InChI=1S/C20H21N3O2/c1-12(24)23-10-17-15-4-2-3-5-16(15)19(18(17)11-23)22-20(25)13-6-8-14(21)9-7-13/h2-9,17-19H,10-11,21H2,1H3,(H,22,25)/t17-,18-,19-/m0/s1. The molecule has 0 spiro atoms. The maximum Gasteiger partial charge on any atom is 0.251 e. The molecule has 3 atom stereocenters. The first-order chi connectivity index (χ1) is 12.0. The third-order valence-electron chi connectivity index (χ3n) is 5.43. The summed E-state index contributed by atoms with van der Waals surface area (Å²) in [6, 6.07) is 15.1. The van der Waals surface area contributed by atoms with Crippen LogP contribution in [0.15, 0.2) is 48.5 Å². The number of nitrogens with one attached hydrogen (secondary N) is 1. The molecule has 2 aromatic carbocycles. The van der Waals surface area contributed by atoms with Gasteiger partial charge in [0.05, 0.1) is 6.04 Å². The molecule has 2 aliphatic rings. The lowest BCUT2D eigenvalue weighted by Crippen LogP contribution is -2.34. The maximum atomic E-state index is 12.7. The lowest BCUT2D eigenvalue weighted by Gasteiger charge is -2.22. The van der Waals surface area contributed by atoms with E-state index in [0.717, 1.165) is 6.54 Å². The lowest BCUT2D eigenvalue weighted by atomic mass is 9.94. The average Bonchev–Trinajstić information content (AvgIpc) is 3.15. The van der Waals surface area contributed by atoms with Crippen LogP contribution >= 0.6 is 0 Å². The van der Waals surface area contributed by atoms with Crippen LogP contribution in [0.5, 0.6) is 0 Å². The number of hydrogen-bond donors (Lipinski definition) is 2. The second-order valence-electron chi connectivity index (χ2n) is 6.90. The first-order valence-electron chi connectivity index (χ1n) is 8.55. The number of nitrogens with zero attached hydrogens (tertiary/aromatic N) is 1. The highest BCUT2D eigenvalue weighted by Gasteiger charge is 2.47. The molecule has 4 rings (SSSR count). The van der Waals surface area contributed by atoms with Crippen molar-refractivity contribution in [3.05, 3.63) is 65.2 Å². The highest BCUT2D eigenvalue weighted by molar-refractivity contribution is 5.95. The molecule has 1 aliphatic heterocycles. The number of carbonyl (C=O) groups excluding carboxylic acids is 2. The van der Waals surface area contributed by atoms with E-state index in [-0.39, 0.29) is 29.7 Å². The number of fused-ring (bicyclic) bond motifs is 3. The molecule has 5 heteroatoms. The summed E-state index contributed by atoms with van der Waals surface area (Å²) >= 11 is 0. The third-order valence-corrected chi connectivity index (χ3v) is 5.43. The van der Waals surface area contributed by atoms with Crippen LogP contribution in [0.2, 0.25) is 0 Å². The zero-order valence-electron chi connectivity index (χ0n) is 14.1. The van der Waals surface area contributed by atoms with Crippen LogP contribution in [0, 0.1) is 5.92 Å². The van der Waals surface area contributed by atoms with Gasteiger partial charge in [0.15, 0.2) is 0 Å². The van der Waals surface area contributed by atoms with Crippen LogP contribution in [0.25, 0.3) is 0 Å². The van der Waals surface area contributed by atoms with E-state index in [1.54, 1.807) is 31.2 Å². The minimum atomic E-state index is -0.110. The van der Waals surface area contributed by atoms with Gasteiger partial charge in [-0.25, -0.2) is 0 Å². The molecule has 1 fully saturated rings. The van der Waals surface area contributed by atoms with Crippen molar-refractivity contribution in [3.63, 3.8) is 0 Å². The molecular weight excluding hydrogens is 314 g/mol. The third kappa shape index (κ3) is 2.65. The molecule has 0 aromatic heterocycles. The van der Waals surface area contributed by atoms with Crippen LogP contribution in [0.1, 0.15) is 40.4 Å². The summed E-state index contributed by atoms with van der Waals surface area (Å²) in [5.41, 5.74) is 9.35. The van der Waals surface area contributed by atoms with Crippen molar-refractivity contribution in [2.75, 3.05) is 18.8 Å². The van der Waals surface area contributed by atoms with Crippen molar-refractivity contribution in [3.8, 4) is 0 Å². The largest absolute Gasteiger partial charge is 0.399 e. The molecule has 25 heavy (non-hydrogen) atoms. The van der Waals surface area contributed by atoms with E-state index in [1.807, 2.05) is 17.0 Å². The van der Waals surface area contributed by atoms with Gasteiger partial charge in [-0.3, -0.25) is 9.59 Å². The second-order valence-corrected chi connectivity index (χ2v) is 6.90. The first-order valence-corrected chi connectivity index (χ1v) is 8.55. The van der Waals surface area contributed by atoms with Gasteiger partial charge in [-0.1, -0.05) is 24.3 Å². The average molecular weight is 335 g/mol. The van der Waals surface area contributed by atoms with E-state index in [4.69, 9.17) is 5.73 Å². The summed E-state index contributed by atoms with van der Waals surface area (Å²) in [5.74, 6) is 0.494. The predicted molar refractivity (Wildman–Crippen MR) is 96.0 cm³/mol. The molecule has 0 radical (unpaired) electrons. The quantitative estimate of drug-likeness (QED) is 0.827. The monoisotopic (exact) mass is 335 g/mol. The van der Waals surface area contributed by atoms with E-state index in [2.05, 4.69) is 17.4 Å². The summed E-state index contributed by atoms with van der Waals surface area (Å²) in [6.45, 7) is 3.02. The van der Waals surface area contributed by atoms with E-state index in [9.17, 15) is 9.59 Å². The number of carbonyl (C=O) groups is 2. The fraction of sp³-hybridized carbons (Fsp3) is 0.300. The number of nitrogen functional groups attached to an aromatic ring is 1. The van der Waals surface area contributed by atoms with Crippen molar-refractivity contribution in [1.29, 1.82) is 0 Å². The zero-order chi connectivity index (χ0) is 17.6. The van der Waals surface area contributed by atoms with E-state index < -0.39 is 0 Å². The Morgan fingerprint density at radius 1 is 1.04 bits per heavy atom. The summed E-state index contributed by atoms with van der Waals surface area (Å²) in [7, 11) is 0. The Labute approximate surface area is 146 Å². The number of nitrogens with two attached hydrogens (primary N) is 1. The summed E-state index contributed by atoms with van der Waals surface area (Å²) in [6.07, 6.45) is 0. The van der Waals surface area contributed by atoms with Crippen molar-refractivity contribution in [2.45, 2.75) is 18.9 Å². The van der Waals surface area contributed by atoms with Crippen molar-refractivity contribution in [1.82, 2.24) is 10.2 Å². The molecule has 3 N–H and O–H groups in total. The first kappa shape index (κ1) is 15.7. The van der Waals surface area contributed by atoms with Crippen LogP contribution in [-0.4, -0.2) is 29.8 Å². The molecule has 1 heterocycles. The minimum absolute atomic E-state index is 0.0735. The van der Waals surface area contributed by atoms with Crippen molar-refractivity contribution < 1.29 is 9.59 Å². The lowest BCUT2D eigenvalue weighted by molar-refractivity contribution is -0.128. The molecule has 2 amide bonds. The Morgan fingerprint density at radius 2 is 1.72 bits per heavy atom. The molecule has 128 valence electrons. The van der Waals surface area contributed by atoms with Gasteiger partial charge in [-0.15, -0.1) is 0 Å². The van der Waals surface area contributed by atoms with Crippen molar-refractivity contribution >= 4 is 17.5 Å². The van der Waals surface area contributed by atoms with Gasteiger partial charge in [-0.05, 0) is 35.4 Å². The van der Waals surface area contributed by atoms with E-state index >= 15 is 0 Å². The summed E-state index contributed by atoms with van der Waals surface area (Å²) in [5, 5.41) is 3.18. The summed E-state index contributed by atoms with van der Waals surface area (Å²) in [4.78, 5) is 26.4. The SMILES string of the molecule is CC(=O)N1C[C@H]2[C@@H](C1)c1ccccc1[C@@H]2NC(=O)c1ccc(N)cc1. The van der Waals surface area contributed by atoms with Crippen LogP contribution in [-0.2, 0) is 4.79 Å². The fourth-order valence-corrected chi connectivity index (χ4v) is 4.16. The molecule has 0 unspecified atom stereocenters. The van der Waals surface area contributed by atoms with Gasteiger partial charge in [0.2, 0.25) is 5.91 Å². The van der Waals surface area contributed by atoms with Gasteiger partial charge in [0, 0.05) is 43.1 Å². The molecule has 0 bridgehead atoms. The number of rotatable bonds is 2. The number of hydrogen-bond acceptors (Lipinski definition) is 3. The Morgan fingerprint density at radius 3 is 2.40 bits per heavy atom. The Balaban J connectivity index is 1.62. The predicted octanol–water partition coefficient (Wildman–Crippen LogP) is 2.32. The minimum Gasteiger partial charge on any atom is -0.399 e. The van der Waals surface area contributed by atoms with Crippen LogP contribution < -0.4 is 11.1 Å². The van der Waals surface area contributed by atoms with Gasteiger partial charge < -0.3 is 16.0 Å². The Hall–Kier alpha value is -2.82. The fourth-order valence-electron chi connectivity index (χ4n) is 4.16. The number of anilines is 1. The molecule has 1 saturated heterocycles. The molecule has 5 nitrogen and oxygen atoms in total. The Bertz CT molecular complexity index is 831. The molecule has 1 aliphatic carbocycles. The number of benzene rings is 2. The molecule has 0 saturated carbocycles. The van der Waals surface area contributed by atoms with E-state index in [0.29, 0.717) is 17.8 Å². The zero-order valence-corrected chi connectivity index (χ0v) is 14.1.